The van der Waals surface area contributed by atoms with Crippen molar-refractivity contribution < 1.29 is 14.3 Å². The first-order chi connectivity index (χ1) is 20.8. The van der Waals surface area contributed by atoms with Gasteiger partial charge in [0.15, 0.2) is 11.5 Å². The van der Waals surface area contributed by atoms with Gasteiger partial charge in [-0.1, -0.05) is 48.2 Å². The molecule has 0 unspecified atom stereocenters. The SMILES string of the molecule is COc1ccc(CCN2C(=O)/C(=C/c3c(C)c(C#N)c(=O)n(C)c3N3CCN(c4ccccc4)CC3)SC2=S)cc1OC. The first-order valence-corrected chi connectivity index (χ1v) is 15.1. The third kappa shape index (κ3) is 5.98. The minimum absolute atomic E-state index is 0.0735. The molecule has 1 aromatic heterocycles. The number of thiocarbonyl (C=S) groups is 1. The fraction of sp³-hybridized carbons (Fsp3) is 0.312. The lowest BCUT2D eigenvalue weighted by Crippen LogP contribution is -2.48. The van der Waals surface area contributed by atoms with E-state index in [0.29, 0.717) is 63.7 Å². The van der Waals surface area contributed by atoms with E-state index in [0.717, 1.165) is 24.3 Å². The number of amides is 1. The van der Waals surface area contributed by atoms with E-state index in [-0.39, 0.29) is 17.0 Å². The van der Waals surface area contributed by atoms with Crippen LogP contribution < -0.4 is 24.8 Å². The molecule has 43 heavy (non-hydrogen) atoms. The molecule has 2 aliphatic rings. The van der Waals surface area contributed by atoms with Gasteiger partial charge in [0.2, 0.25) is 0 Å². The summed E-state index contributed by atoms with van der Waals surface area (Å²) in [5.74, 6) is 1.77. The molecule has 0 atom stereocenters. The molecule has 0 radical (unpaired) electrons. The number of hydrogen-bond acceptors (Lipinski definition) is 9. The van der Waals surface area contributed by atoms with Gasteiger partial charge < -0.3 is 19.3 Å². The number of nitrogens with zero attached hydrogens (tertiary/aromatic N) is 5. The molecule has 1 amide bonds. The number of carbonyl (C=O) groups excluding carboxylic acids is 1. The van der Waals surface area contributed by atoms with Crippen LogP contribution in [0.4, 0.5) is 11.5 Å². The second-order valence-corrected chi connectivity index (χ2v) is 12.0. The van der Waals surface area contributed by atoms with Gasteiger partial charge in [0.05, 0.1) is 19.1 Å². The molecule has 9 nitrogen and oxygen atoms in total. The van der Waals surface area contributed by atoms with E-state index in [1.165, 1.54) is 16.3 Å². The zero-order valence-electron chi connectivity index (χ0n) is 24.6. The highest BCUT2D eigenvalue weighted by molar-refractivity contribution is 8.26. The first-order valence-electron chi connectivity index (χ1n) is 13.9. The van der Waals surface area contributed by atoms with E-state index < -0.39 is 0 Å². The zero-order chi connectivity index (χ0) is 30.7. The van der Waals surface area contributed by atoms with Crippen molar-refractivity contribution in [3.8, 4) is 17.6 Å². The number of para-hydroxylation sites is 1. The number of ether oxygens (including phenoxy) is 2. The molecule has 0 spiro atoms. The Morgan fingerprint density at radius 3 is 2.33 bits per heavy atom. The summed E-state index contributed by atoms with van der Waals surface area (Å²) in [7, 11) is 4.87. The van der Waals surface area contributed by atoms with Crippen LogP contribution >= 0.6 is 24.0 Å². The maximum absolute atomic E-state index is 13.6. The molecule has 2 saturated heterocycles. The molecule has 0 N–H and O–H groups in total. The maximum atomic E-state index is 13.6. The Balaban J connectivity index is 1.42. The second-order valence-electron chi connectivity index (χ2n) is 10.3. The molecule has 2 fully saturated rings. The quantitative estimate of drug-likeness (QED) is 0.271. The average Bonchev–Trinajstić information content (AvgIpc) is 3.30. The van der Waals surface area contributed by atoms with Crippen molar-refractivity contribution >= 4 is 51.8 Å². The number of nitriles is 1. The largest absolute Gasteiger partial charge is 0.493 e. The van der Waals surface area contributed by atoms with Gasteiger partial charge in [-0.15, -0.1) is 0 Å². The predicted molar refractivity (Wildman–Crippen MR) is 175 cm³/mol. The monoisotopic (exact) mass is 615 g/mol. The van der Waals surface area contributed by atoms with Crippen LogP contribution in [0.1, 0.15) is 22.3 Å². The molecule has 3 aromatic rings. The molecular formula is C32H33N5O4S2. The third-order valence-electron chi connectivity index (χ3n) is 7.89. The van der Waals surface area contributed by atoms with Gasteiger partial charge in [0, 0.05) is 51.0 Å². The summed E-state index contributed by atoms with van der Waals surface area (Å²) in [4.78, 5) is 33.4. The van der Waals surface area contributed by atoms with Gasteiger partial charge in [-0.2, -0.15) is 5.26 Å². The second kappa shape index (κ2) is 12.9. The minimum atomic E-state index is -0.347. The Labute approximate surface area is 260 Å². The molecule has 0 saturated carbocycles. The van der Waals surface area contributed by atoms with E-state index in [2.05, 4.69) is 28.0 Å². The van der Waals surface area contributed by atoms with Crippen molar-refractivity contribution in [3.63, 3.8) is 0 Å². The van der Waals surface area contributed by atoms with Crippen molar-refractivity contribution in [2.24, 2.45) is 7.05 Å². The lowest BCUT2D eigenvalue weighted by Gasteiger charge is -2.38. The van der Waals surface area contributed by atoms with E-state index in [1.807, 2.05) is 36.4 Å². The lowest BCUT2D eigenvalue weighted by molar-refractivity contribution is -0.122. The summed E-state index contributed by atoms with van der Waals surface area (Å²) >= 11 is 6.86. The number of benzene rings is 2. The summed E-state index contributed by atoms with van der Waals surface area (Å²) in [6.45, 7) is 5.08. The Morgan fingerprint density at radius 1 is 1.00 bits per heavy atom. The molecule has 222 valence electrons. The topological polar surface area (TPSA) is 91.0 Å². The number of rotatable bonds is 8. The number of aromatic nitrogens is 1. The number of anilines is 2. The van der Waals surface area contributed by atoms with Crippen LogP contribution in [0.3, 0.4) is 0 Å². The van der Waals surface area contributed by atoms with Crippen LogP contribution in [0.25, 0.3) is 6.08 Å². The van der Waals surface area contributed by atoms with Gasteiger partial charge in [-0.3, -0.25) is 19.1 Å². The summed E-state index contributed by atoms with van der Waals surface area (Å²) in [5.41, 5.74) is 3.11. The molecule has 2 aliphatic heterocycles. The summed E-state index contributed by atoms with van der Waals surface area (Å²) in [6.07, 6.45) is 2.37. The minimum Gasteiger partial charge on any atom is -0.493 e. The van der Waals surface area contributed by atoms with Crippen molar-refractivity contribution in [3.05, 3.63) is 86.0 Å². The Hall–Kier alpha value is -4.27. The Morgan fingerprint density at radius 2 is 1.67 bits per heavy atom. The van der Waals surface area contributed by atoms with Crippen molar-refractivity contribution in [1.29, 1.82) is 5.26 Å². The van der Waals surface area contributed by atoms with Gasteiger partial charge in [-0.05, 0) is 54.8 Å². The smallest absolute Gasteiger partial charge is 0.270 e. The molecular weight excluding hydrogens is 583 g/mol. The van der Waals surface area contributed by atoms with Crippen molar-refractivity contribution in [2.75, 3.05) is 56.7 Å². The number of pyridine rings is 1. The molecule has 2 aromatic carbocycles. The van der Waals surface area contributed by atoms with Crippen LogP contribution in [-0.4, -0.2) is 66.6 Å². The normalized spacial score (nSPS) is 16.2. The number of hydrogen-bond donors (Lipinski definition) is 0. The highest BCUT2D eigenvalue weighted by Crippen LogP contribution is 2.36. The van der Waals surface area contributed by atoms with Crippen LogP contribution in [0, 0.1) is 18.3 Å². The summed E-state index contributed by atoms with van der Waals surface area (Å²) in [6, 6.07) is 18.0. The highest BCUT2D eigenvalue weighted by atomic mass is 32.2. The number of piperazine rings is 1. The van der Waals surface area contributed by atoms with Gasteiger partial charge in [0.25, 0.3) is 11.5 Å². The fourth-order valence-electron chi connectivity index (χ4n) is 5.51. The number of methoxy groups -OCH3 is 2. The molecule has 3 heterocycles. The number of thioether (sulfide) groups is 1. The van der Waals surface area contributed by atoms with Gasteiger partial charge >= 0.3 is 0 Å². The van der Waals surface area contributed by atoms with Crippen LogP contribution in [0.2, 0.25) is 0 Å². The molecule has 5 rings (SSSR count). The van der Waals surface area contributed by atoms with Crippen LogP contribution in [0.5, 0.6) is 11.5 Å². The van der Waals surface area contributed by atoms with Gasteiger partial charge in [0.1, 0.15) is 21.8 Å². The zero-order valence-corrected chi connectivity index (χ0v) is 26.3. The van der Waals surface area contributed by atoms with E-state index >= 15 is 0 Å². The van der Waals surface area contributed by atoms with Crippen molar-refractivity contribution in [2.45, 2.75) is 13.3 Å². The lowest BCUT2D eigenvalue weighted by atomic mass is 10.0. The van der Waals surface area contributed by atoms with E-state index in [9.17, 15) is 14.9 Å². The molecule has 0 aliphatic carbocycles. The molecule has 0 bridgehead atoms. The van der Waals surface area contributed by atoms with Crippen molar-refractivity contribution in [1.82, 2.24) is 9.47 Å². The maximum Gasteiger partial charge on any atom is 0.270 e. The van der Waals surface area contributed by atoms with Crippen LogP contribution in [0.15, 0.2) is 58.2 Å². The molecule has 11 heteroatoms. The summed E-state index contributed by atoms with van der Waals surface area (Å²) < 4.78 is 12.7. The Kier molecular flexibility index (Phi) is 9.08. The fourth-order valence-corrected chi connectivity index (χ4v) is 6.80. The summed E-state index contributed by atoms with van der Waals surface area (Å²) in [5, 5.41) is 9.83. The van der Waals surface area contributed by atoms with Crippen LogP contribution in [-0.2, 0) is 18.3 Å². The number of carbonyl (C=O) groups is 1. The Bertz CT molecular complexity index is 1690. The van der Waals surface area contributed by atoms with Gasteiger partial charge in [-0.25, -0.2) is 0 Å². The first kappa shape index (κ1) is 30.2. The van der Waals surface area contributed by atoms with E-state index in [4.69, 9.17) is 21.7 Å². The highest BCUT2D eigenvalue weighted by Gasteiger charge is 2.33. The standard InChI is InChI=1S/C32H33N5O4S2/c1-21-24(19-28-31(39)37(32(42)43-28)13-12-22-10-11-26(40-3)27(18-22)41-4)29(34(2)30(38)25(21)20-33)36-16-14-35(15-17-36)23-8-6-5-7-9-23/h5-11,18-19H,12-17H2,1-4H3/b28-19-. The third-order valence-corrected chi connectivity index (χ3v) is 9.27. The predicted octanol–water partition coefficient (Wildman–Crippen LogP) is 4.35. The average molecular weight is 616 g/mol. The van der Waals surface area contributed by atoms with E-state index in [1.54, 1.807) is 39.2 Å².